The number of aromatic hydroxyl groups is 1. The Bertz CT molecular complexity index is 780. The van der Waals surface area contributed by atoms with Crippen molar-refractivity contribution in [3.63, 3.8) is 0 Å². The first kappa shape index (κ1) is 16.4. The fraction of sp³-hybridized carbons (Fsp3) is 0.250. The summed E-state index contributed by atoms with van der Waals surface area (Å²) in [5.41, 5.74) is 0.380. The van der Waals surface area contributed by atoms with E-state index in [1.165, 1.54) is 25.3 Å². The van der Waals surface area contributed by atoms with Crippen LogP contribution in [0.25, 0.3) is 11.0 Å². The molecule has 7 nitrogen and oxygen atoms in total. The Kier molecular flexibility index (Phi) is 5.24. The molecule has 0 unspecified atom stereocenters. The van der Waals surface area contributed by atoms with Crippen molar-refractivity contribution in [3.05, 3.63) is 46.8 Å². The SMILES string of the molecule is C=CCOC(=O)NCCc1cc(=O)oc2cc(O)c(OC)cc12. The second-order valence-electron chi connectivity index (χ2n) is 4.67. The molecule has 2 rings (SSSR count). The Morgan fingerprint density at radius 3 is 2.91 bits per heavy atom. The number of fused-ring (bicyclic) bond motifs is 1. The number of hydrogen-bond donors (Lipinski definition) is 2. The second kappa shape index (κ2) is 7.35. The minimum Gasteiger partial charge on any atom is -0.504 e. The van der Waals surface area contributed by atoms with E-state index in [0.29, 0.717) is 17.4 Å². The van der Waals surface area contributed by atoms with E-state index in [9.17, 15) is 14.7 Å². The van der Waals surface area contributed by atoms with Gasteiger partial charge < -0.3 is 24.3 Å². The van der Waals surface area contributed by atoms with Crippen molar-refractivity contribution in [1.82, 2.24) is 5.32 Å². The highest BCUT2D eigenvalue weighted by Crippen LogP contribution is 2.32. The lowest BCUT2D eigenvalue weighted by atomic mass is 10.1. The zero-order valence-electron chi connectivity index (χ0n) is 12.6. The Morgan fingerprint density at radius 1 is 1.43 bits per heavy atom. The van der Waals surface area contributed by atoms with Crippen molar-refractivity contribution in [2.75, 3.05) is 20.3 Å². The van der Waals surface area contributed by atoms with E-state index in [0.717, 1.165) is 0 Å². The van der Waals surface area contributed by atoms with E-state index < -0.39 is 11.7 Å². The molecule has 23 heavy (non-hydrogen) atoms. The molecular formula is C16H17NO6. The summed E-state index contributed by atoms with van der Waals surface area (Å²) in [5, 5.41) is 12.9. The lowest BCUT2D eigenvalue weighted by Crippen LogP contribution is -2.26. The predicted octanol–water partition coefficient (Wildman–Crippen LogP) is 1.96. The van der Waals surface area contributed by atoms with Crippen molar-refractivity contribution in [2.45, 2.75) is 6.42 Å². The average molecular weight is 319 g/mol. The second-order valence-corrected chi connectivity index (χ2v) is 4.67. The largest absolute Gasteiger partial charge is 0.504 e. The van der Waals surface area contributed by atoms with Crippen LogP contribution in [0.2, 0.25) is 0 Å². The van der Waals surface area contributed by atoms with Crippen molar-refractivity contribution < 1.29 is 23.8 Å². The third-order valence-corrected chi connectivity index (χ3v) is 3.13. The van der Waals surface area contributed by atoms with Gasteiger partial charge in [-0.05, 0) is 18.1 Å². The summed E-state index contributed by atoms with van der Waals surface area (Å²) in [6, 6.07) is 4.25. The molecule has 122 valence electrons. The Morgan fingerprint density at radius 2 is 2.22 bits per heavy atom. The summed E-state index contributed by atoms with van der Waals surface area (Å²) in [6.45, 7) is 3.85. The zero-order valence-corrected chi connectivity index (χ0v) is 12.6. The number of amides is 1. The quantitative estimate of drug-likeness (QED) is 0.624. The summed E-state index contributed by atoms with van der Waals surface area (Å²) >= 11 is 0. The Labute approximate surface area is 132 Å². The molecule has 0 aliphatic heterocycles. The number of rotatable bonds is 6. The minimum absolute atomic E-state index is 0.119. The number of benzene rings is 1. The van der Waals surface area contributed by atoms with Gasteiger partial charge in [-0.2, -0.15) is 0 Å². The lowest BCUT2D eigenvalue weighted by molar-refractivity contribution is 0.158. The van der Waals surface area contributed by atoms with Crippen LogP contribution in [0.5, 0.6) is 11.5 Å². The first-order valence-electron chi connectivity index (χ1n) is 6.90. The molecule has 1 aromatic carbocycles. The topological polar surface area (TPSA) is 98.0 Å². The van der Waals surface area contributed by atoms with Crippen molar-refractivity contribution in [2.24, 2.45) is 0 Å². The normalized spacial score (nSPS) is 10.3. The third-order valence-electron chi connectivity index (χ3n) is 3.13. The number of hydrogen-bond acceptors (Lipinski definition) is 6. The molecule has 1 heterocycles. The first-order valence-corrected chi connectivity index (χ1v) is 6.90. The molecule has 0 aliphatic rings. The molecule has 7 heteroatoms. The molecule has 2 N–H and O–H groups in total. The van der Waals surface area contributed by atoms with Gasteiger partial charge in [0.05, 0.1) is 7.11 Å². The number of ether oxygens (including phenoxy) is 2. The Balaban J connectivity index is 2.20. The molecule has 0 spiro atoms. The smallest absolute Gasteiger partial charge is 0.407 e. The summed E-state index contributed by atoms with van der Waals surface area (Å²) in [5.74, 6) is 0.150. The van der Waals surface area contributed by atoms with Crippen LogP contribution in [0.4, 0.5) is 4.79 Å². The molecule has 0 radical (unpaired) electrons. The van der Waals surface area contributed by atoms with Crippen LogP contribution in [0.3, 0.4) is 0 Å². The number of alkyl carbamates (subject to hydrolysis) is 1. The number of phenols is 1. The standard InChI is InChI=1S/C16H17NO6/c1-3-6-22-16(20)17-5-4-10-7-15(19)23-13-9-12(18)14(21-2)8-11(10)13/h3,7-9,18H,1,4-6H2,2H3,(H,17,20). The van der Waals surface area contributed by atoms with E-state index in [1.54, 1.807) is 6.07 Å². The molecule has 0 fully saturated rings. The van der Waals surface area contributed by atoms with Crippen molar-refractivity contribution in [1.29, 1.82) is 0 Å². The van der Waals surface area contributed by atoms with Gasteiger partial charge in [0.2, 0.25) is 0 Å². The lowest BCUT2D eigenvalue weighted by Gasteiger charge is -2.09. The summed E-state index contributed by atoms with van der Waals surface area (Å²) in [7, 11) is 1.43. The molecule has 0 atom stereocenters. The van der Waals surface area contributed by atoms with E-state index in [2.05, 4.69) is 11.9 Å². The molecule has 1 amide bonds. The highest BCUT2D eigenvalue weighted by Gasteiger charge is 2.11. The molecule has 0 saturated carbocycles. The zero-order chi connectivity index (χ0) is 16.8. The molecule has 0 aliphatic carbocycles. The third kappa shape index (κ3) is 4.03. The number of carbonyl (C=O) groups is 1. The summed E-state index contributed by atoms with van der Waals surface area (Å²) < 4.78 is 14.9. The number of phenolic OH excluding ortho intramolecular Hbond substituents is 1. The van der Waals surface area contributed by atoms with Gasteiger partial charge in [0, 0.05) is 24.1 Å². The maximum atomic E-state index is 11.6. The Hall–Kier alpha value is -2.96. The monoisotopic (exact) mass is 319 g/mol. The van der Waals surface area contributed by atoms with E-state index in [-0.39, 0.29) is 30.2 Å². The minimum atomic E-state index is -0.563. The number of methoxy groups -OCH3 is 1. The molecular weight excluding hydrogens is 302 g/mol. The number of nitrogens with one attached hydrogen (secondary N) is 1. The molecule has 0 saturated heterocycles. The maximum absolute atomic E-state index is 11.6. The van der Waals surface area contributed by atoms with Crippen LogP contribution >= 0.6 is 0 Å². The molecule has 1 aromatic heterocycles. The van der Waals surface area contributed by atoms with E-state index in [1.807, 2.05) is 0 Å². The van der Waals surface area contributed by atoms with Crippen molar-refractivity contribution in [3.8, 4) is 11.5 Å². The highest BCUT2D eigenvalue weighted by molar-refractivity contribution is 5.84. The first-order chi connectivity index (χ1) is 11.0. The summed E-state index contributed by atoms with van der Waals surface area (Å²) in [6.07, 6.45) is 1.29. The van der Waals surface area contributed by atoms with Crippen molar-refractivity contribution >= 4 is 17.1 Å². The van der Waals surface area contributed by atoms with Crippen LogP contribution < -0.4 is 15.7 Å². The predicted molar refractivity (Wildman–Crippen MR) is 84.0 cm³/mol. The van der Waals surface area contributed by atoms with Gasteiger partial charge in [-0.1, -0.05) is 12.7 Å². The van der Waals surface area contributed by atoms with Gasteiger partial charge >= 0.3 is 11.7 Å². The van der Waals surface area contributed by atoms with Crippen LogP contribution in [-0.4, -0.2) is 31.5 Å². The fourth-order valence-corrected chi connectivity index (χ4v) is 2.10. The van der Waals surface area contributed by atoms with Gasteiger partial charge in [0.25, 0.3) is 0 Å². The van der Waals surface area contributed by atoms with Crippen LogP contribution in [0.15, 0.2) is 40.1 Å². The van der Waals surface area contributed by atoms with E-state index in [4.69, 9.17) is 13.9 Å². The number of carbonyl (C=O) groups excluding carboxylic acids is 1. The summed E-state index contributed by atoms with van der Waals surface area (Å²) in [4.78, 5) is 23.0. The fourth-order valence-electron chi connectivity index (χ4n) is 2.10. The van der Waals surface area contributed by atoms with Gasteiger partial charge in [0.1, 0.15) is 12.2 Å². The molecule has 2 aromatic rings. The van der Waals surface area contributed by atoms with Gasteiger partial charge in [-0.25, -0.2) is 9.59 Å². The average Bonchev–Trinajstić information content (AvgIpc) is 2.52. The van der Waals surface area contributed by atoms with Crippen LogP contribution in [0, 0.1) is 0 Å². The maximum Gasteiger partial charge on any atom is 0.407 e. The van der Waals surface area contributed by atoms with Gasteiger partial charge in [0.15, 0.2) is 11.5 Å². The van der Waals surface area contributed by atoms with E-state index >= 15 is 0 Å². The van der Waals surface area contributed by atoms with Crippen LogP contribution in [0.1, 0.15) is 5.56 Å². The molecule has 0 bridgehead atoms. The van der Waals surface area contributed by atoms with Gasteiger partial charge in [-0.15, -0.1) is 0 Å². The highest BCUT2D eigenvalue weighted by atomic mass is 16.5. The van der Waals surface area contributed by atoms with Crippen LogP contribution in [-0.2, 0) is 11.2 Å². The van der Waals surface area contributed by atoms with Gasteiger partial charge in [-0.3, -0.25) is 0 Å².